The van der Waals surface area contributed by atoms with Crippen LogP contribution in [-0.4, -0.2) is 90.9 Å². The van der Waals surface area contributed by atoms with Crippen LogP contribution in [0.2, 0.25) is 0 Å². The van der Waals surface area contributed by atoms with Crippen LogP contribution in [0.3, 0.4) is 0 Å². The molecule has 0 aromatic carbocycles. The van der Waals surface area contributed by atoms with Gasteiger partial charge in [0.1, 0.15) is 5.69 Å². The number of aromatic nitrogens is 2. The minimum atomic E-state index is -2.66. The minimum Gasteiger partial charge on any atom is -0.479 e. The first-order valence-corrected chi connectivity index (χ1v) is 10.2. The first kappa shape index (κ1) is 26.8. The molecule has 13 heteroatoms. The maximum absolute atomic E-state index is 13.4. The Bertz CT molecular complexity index is 742. The first-order valence-electron chi connectivity index (χ1n) is 9.51. The van der Waals surface area contributed by atoms with Crippen molar-refractivity contribution in [1.29, 1.82) is 0 Å². The van der Waals surface area contributed by atoms with Gasteiger partial charge < -0.3 is 30.1 Å². The maximum Gasteiger partial charge on any atom is 0.335 e. The first-order chi connectivity index (χ1) is 14.5. The molecule has 1 aliphatic heterocycles. The highest BCUT2D eigenvalue weighted by Gasteiger charge is 2.29. The summed E-state index contributed by atoms with van der Waals surface area (Å²) in [6.07, 6.45) is -1.37. The summed E-state index contributed by atoms with van der Waals surface area (Å²) >= 11 is 1.06. The molecule has 0 aliphatic carbocycles. The molecule has 4 N–H and O–H groups in total. The van der Waals surface area contributed by atoms with E-state index in [0.29, 0.717) is 18.0 Å². The number of ether oxygens (including phenoxy) is 1. The number of rotatable bonds is 10. The SMILES string of the molecule is CCCC(F)(F)CCOc1nsnc1C1=CCCN(C)C1.O=C(O)[C@H](O)[C@@H](O)C(=O)O. The lowest BCUT2D eigenvalue weighted by Gasteiger charge is -2.22. The number of likely N-dealkylation sites (N-methyl/N-ethyl adjacent to an activating group) is 1. The van der Waals surface area contributed by atoms with Crippen LogP contribution < -0.4 is 4.74 Å². The number of carboxylic acid groups (broad SMARTS) is 2. The maximum atomic E-state index is 13.4. The summed E-state index contributed by atoms with van der Waals surface area (Å²) in [5.74, 6) is -5.82. The smallest absolute Gasteiger partial charge is 0.335 e. The summed E-state index contributed by atoms with van der Waals surface area (Å²) in [7, 11) is 2.04. The molecule has 0 spiro atoms. The van der Waals surface area contributed by atoms with E-state index in [1.807, 2.05) is 7.05 Å². The van der Waals surface area contributed by atoms with Crippen molar-refractivity contribution in [3.63, 3.8) is 0 Å². The second-order valence-electron chi connectivity index (χ2n) is 6.94. The number of alkyl halides is 2. The molecule has 2 atom stereocenters. The van der Waals surface area contributed by atoms with Gasteiger partial charge in [0.25, 0.3) is 11.8 Å². The van der Waals surface area contributed by atoms with E-state index in [9.17, 15) is 18.4 Å². The highest BCUT2D eigenvalue weighted by molar-refractivity contribution is 6.99. The van der Waals surface area contributed by atoms with E-state index in [1.165, 1.54) is 0 Å². The summed E-state index contributed by atoms with van der Waals surface area (Å²) in [6, 6.07) is 0. The van der Waals surface area contributed by atoms with Crippen molar-refractivity contribution in [2.24, 2.45) is 0 Å². The van der Waals surface area contributed by atoms with Crippen LogP contribution in [0.5, 0.6) is 5.88 Å². The molecular weight excluding hydrogens is 440 g/mol. The van der Waals surface area contributed by atoms with Crippen LogP contribution in [0.15, 0.2) is 6.08 Å². The van der Waals surface area contributed by atoms with Crippen LogP contribution in [0.4, 0.5) is 8.78 Å². The lowest BCUT2D eigenvalue weighted by atomic mass is 10.1. The normalized spacial score (nSPS) is 16.5. The molecule has 0 unspecified atom stereocenters. The molecule has 0 fully saturated rings. The Kier molecular flexibility index (Phi) is 10.9. The molecule has 10 nitrogen and oxygen atoms in total. The van der Waals surface area contributed by atoms with Crippen molar-refractivity contribution in [3.8, 4) is 5.88 Å². The Morgan fingerprint density at radius 2 is 1.84 bits per heavy atom. The molecule has 0 saturated carbocycles. The van der Waals surface area contributed by atoms with Gasteiger partial charge in [-0.2, -0.15) is 4.37 Å². The molecule has 1 aromatic heterocycles. The third-order valence-electron chi connectivity index (χ3n) is 4.23. The standard InChI is InChI=1S/C14H21F2N3OS.C4H6O6/c1-3-6-14(15,16)7-9-20-13-12(17-21-18-13)11-5-4-8-19(2)10-11;5-1(3(7)8)2(6)4(9)10/h5H,3-4,6-10H2,1-2H3;1-2,5-6H,(H,7,8)(H,9,10)/t;1-,2-/m.1/s1. The largest absolute Gasteiger partial charge is 0.479 e. The van der Waals surface area contributed by atoms with E-state index < -0.39 is 30.1 Å². The molecule has 1 aromatic rings. The van der Waals surface area contributed by atoms with Crippen LogP contribution in [0.25, 0.3) is 5.57 Å². The van der Waals surface area contributed by atoms with Gasteiger partial charge in [0.2, 0.25) is 0 Å². The number of halogens is 2. The van der Waals surface area contributed by atoms with Gasteiger partial charge in [-0.15, -0.1) is 4.37 Å². The van der Waals surface area contributed by atoms with Crippen molar-refractivity contribution in [2.75, 3.05) is 26.7 Å². The van der Waals surface area contributed by atoms with Gasteiger partial charge in [0.05, 0.1) is 18.3 Å². The lowest BCUT2D eigenvalue weighted by molar-refractivity contribution is -0.165. The van der Waals surface area contributed by atoms with Crippen molar-refractivity contribution in [1.82, 2.24) is 13.6 Å². The molecular formula is C18H27F2N3O7S. The zero-order chi connectivity index (χ0) is 23.6. The second-order valence-corrected chi connectivity index (χ2v) is 7.47. The minimum absolute atomic E-state index is 0.0332. The predicted molar refractivity (Wildman–Crippen MR) is 107 cm³/mol. The van der Waals surface area contributed by atoms with Crippen LogP contribution in [0, 0.1) is 0 Å². The topological polar surface area (TPSA) is 153 Å². The van der Waals surface area contributed by atoms with E-state index in [1.54, 1.807) is 6.92 Å². The molecule has 1 aliphatic rings. The number of hydrogen-bond donors (Lipinski definition) is 4. The van der Waals surface area contributed by atoms with E-state index in [4.69, 9.17) is 25.2 Å². The van der Waals surface area contributed by atoms with Gasteiger partial charge in [-0.1, -0.05) is 19.4 Å². The predicted octanol–water partition coefficient (Wildman–Crippen LogP) is 1.34. The van der Waals surface area contributed by atoms with Crippen molar-refractivity contribution in [2.45, 2.75) is 50.7 Å². The van der Waals surface area contributed by atoms with Gasteiger partial charge in [0.15, 0.2) is 12.2 Å². The van der Waals surface area contributed by atoms with E-state index in [0.717, 1.165) is 36.8 Å². The number of aliphatic carboxylic acids is 2. The number of aliphatic hydroxyl groups is 2. The Hall–Kier alpha value is -2.22. The molecule has 0 saturated heterocycles. The fourth-order valence-electron chi connectivity index (χ4n) is 2.59. The summed E-state index contributed by atoms with van der Waals surface area (Å²) in [5.41, 5.74) is 1.76. The Labute approximate surface area is 182 Å². The molecule has 0 radical (unpaired) electrons. The van der Waals surface area contributed by atoms with Crippen LogP contribution >= 0.6 is 11.7 Å². The number of hydrogen-bond acceptors (Lipinski definition) is 9. The van der Waals surface area contributed by atoms with Crippen LogP contribution in [0.1, 0.15) is 38.3 Å². The molecule has 0 bridgehead atoms. The monoisotopic (exact) mass is 467 g/mol. The Morgan fingerprint density at radius 3 is 2.35 bits per heavy atom. The molecule has 176 valence electrons. The third kappa shape index (κ3) is 9.21. The van der Waals surface area contributed by atoms with Crippen LogP contribution in [-0.2, 0) is 9.59 Å². The van der Waals surface area contributed by atoms with Crippen molar-refractivity contribution >= 4 is 29.2 Å². The number of carbonyl (C=O) groups is 2. The highest BCUT2D eigenvalue weighted by Crippen LogP contribution is 2.29. The number of nitrogens with zero attached hydrogens (tertiary/aromatic N) is 3. The summed E-state index contributed by atoms with van der Waals surface area (Å²) < 4.78 is 40.6. The number of aliphatic hydroxyl groups excluding tert-OH is 2. The molecule has 0 amide bonds. The second kappa shape index (κ2) is 12.6. The lowest BCUT2D eigenvalue weighted by Crippen LogP contribution is -2.39. The van der Waals surface area contributed by atoms with Gasteiger partial charge in [0, 0.05) is 25.9 Å². The fourth-order valence-corrected chi connectivity index (χ4v) is 3.13. The molecule has 31 heavy (non-hydrogen) atoms. The molecule has 2 rings (SSSR count). The zero-order valence-corrected chi connectivity index (χ0v) is 18.0. The third-order valence-corrected chi connectivity index (χ3v) is 4.74. The van der Waals surface area contributed by atoms with Gasteiger partial charge in [-0.05, 0) is 19.0 Å². The summed E-state index contributed by atoms with van der Waals surface area (Å²) in [6.45, 7) is 3.52. The zero-order valence-electron chi connectivity index (χ0n) is 17.2. The Balaban J connectivity index is 0.000000407. The van der Waals surface area contributed by atoms with Crippen molar-refractivity contribution < 1.29 is 43.5 Å². The average molecular weight is 467 g/mol. The average Bonchev–Trinajstić information content (AvgIpc) is 3.15. The van der Waals surface area contributed by atoms with E-state index in [2.05, 4.69) is 19.7 Å². The molecule has 2 heterocycles. The van der Waals surface area contributed by atoms with E-state index >= 15 is 0 Å². The summed E-state index contributed by atoms with van der Waals surface area (Å²) in [5, 5.41) is 32.5. The van der Waals surface area contributed by atoms with Gasteiger partial charge in [-0.3, -0.25) is 0 Å². The highest BCUT2D eigenvalue weighted by atomic mass is 32.1. The van der Waals surface area contributed by atoms with Crippen molar-refractivity contribution in [3.05, 3.63) is 11.8 Å². The number of carboxylic acids is 2. The Morgan fingerprint density at radius 1 is 1.23 bits per heavy atom. The fraction of sp³-hybridized carbons (Fsp3) is 0.667. The van der Waals surface area contributed by atoms with Gasteiger partial charge in [-0.25, -0.2) is 18.4 Å². The summed E-state index contributed by atoms with van der Waals surface area (Å²) in [4.78, 5) is 21.7. The van der Waals surface area contributed by atoms with Gasteiger partial charge >= 0.3 is 11.9 Å². The quantitative estimate of drug-likeness (QED) is 0.396. The van der Waals surface area contributed by atoms with E-state index in [-0.39, 0.29) is 19.4 Å².